The number of esters is 1. The van der Waals surface area contributed by atoms with Crippen molar-refractivity contribution in [3.8, 4) is 0 Å². The van der Waals surface area contributed by atoms with Gasteiger partial charge in [-0.1, -0.05) is 0 Å². The fourth-order valence-corrected chi connectivity index (χ4v) is 1.39. The van der Waals surface area contributed by atoms with E-state index in [1.165, 1.54) is 6.07 Å². The topological polar surface area (TPSA) is 26.3 Å². The van der Waals surface area contributed by atoms with Crippen molar-refractivity contribution in [3.05, 3.63) is 34.6 Å². The summed E-state index contributed by atoms with van der Waals surface area (Å²) in [5, 5.41) is 0. The molecule has 0 unspecified atom stereocenters. The number of carbonyl (C=O) groups is 1. The third-order valence-corrected chi connectivity index (χ3v) is 2.36. The summed E-state index contributed by atoms with van der Waals surface area (Å²) < 4.78 is 18.2. The maximum atomic E-state index is 13.4. The molecule has 1 aromatic rings. The molecule has 0 amide bonds. The first-order chi connectivity index (χ1) is 7.10. The number of hydrogen-bond acceptors (Lipinski definition) is 2. The Labute approximate surface area is 93.0 Å². The number of alkyl halides is 1. The van der Waals surface area contributed by atoms with Crippen molar-refractivity contribution in [2.24, 2.45) is 0 Å². The highest BCUT2D eigenvalue weighted by Gasteiger charge is 2.14. The second-order valence-electron chi connectivity index (χ2n) is 3.10. The number of rotatable bonds is 3. The first-order valence-corrected chi connectivity index (χ1v) is 5.15. The van der Waals surface area contributed by atoms with Crippen LogP contribution < -0.4 is 0 Å². The summed E-state index contributed by atoms with van der Waals surface area (Å²) in [6, 6.07) is 2.88. The Kier molecular flexibility index (Phi) is 4.09. The van der Waals surface area contributed by atoms with E-state index in [9.17, 15) is 9.18 Å². The molecule has 0 N–H and O–H groups in total. The number of benzene rings is 1. The summed E-state index contributed by atoms with van der Waals surface area (Å²) in [7, 11) is 0. The van der Waals surface area contributed by atoms with Crippen LogP contribution in [0.15, 0.2) is 12.1 Å². The molecular formula is C11H12ClFO2. The molecule has 2 nitrogen and oxygen atoms in total. The minimum Gasteiger partial charge on any atom is -0.462 e. The molecule has 0 aromatic heterocycles. The van der Waals surface area contributed by atoms with Gasteiger partial charge in [-0.2, -0.15) is 0 Å². The minimum absolute atomic E-state index is 0.170. The van der Waals surface area contributed by atoms with Crippen LogP contribution in [-0.4, -0.2) is 12.6 Å². The van der Waals surface area contributed by atoms with E-state index in [4.69, 9.17) is 16.3 Å². The van der Waals surface area contributed by atoms with E-state index < -0.39 is 11.8 Å². The Balaban J connectivity index is 3.15. The van der Waals surface area contributed by atoms with E-state index in [2.05, 4.69) is 0 Å². The van der Waals surface area contributed by atoms with Crippen molar-refractivity contribution < 1.29 is 13.9 Å². The molecule has 0 aliphatic rings. The van der Waals surface area contributed by atoms with Crippen LogP contribution in [0.4, 0.5) is 4.39 Å². The van der Waals surface area contributed by atoms with Crippen LogP contribution in [0.5, 0.6) is 0 Å². The Bertz CT molecular complexity index is 377. The van der Waals surface area contributed by atoms with E-state index in [-0.39, 0.29) is 18.1 Å². The molecule has 0 spiro atoms. The summed E-state index contributed by atoms with van der Waals surface area (Å²) in [6.45, 7) is 3.51. The molecule has 1 rings (SSSR count). The summed E-state index contributed by atoms with van der Waals surface area (Å²) in [4.78, 5) is 11.5. The lowest BCUT2D eigenvalue weighted by Crippen LogP contribution is -2.08. The van der Waals surface area contributed by atoms with Crippen LogP contribution in [0.1, 0.15) is 28.4 Å². The van der Waals surface area contributed by atoms with Gasteiger partial charge in [0.2, 0.25) is 0 Å². The van der Waals surface area contributed by atoms with Crippen LogP contribution in [0.3, 0.4) is 0 Å². The van der Waals surface area contributed by atoms with Gasteiger partial charge in [0.25, 0.3) is 0 Å². The molecule has 0 aliphatic carbocycles. The van der Waals surface area contributed by atoms with Crippen LogP contribution in [0.25, 0.3) is 0 Å². The lowest BCUT2D eigenvalue weighted by atomic mass is 10.1. The van der Waals surface area contributed by atoms with Gasteiger partial charge in [-0.05, 0) is 37.1 Å². The molecule has 0 bridgehead atoms. The van der Waals surface area contributed by atoms with Crippen molar-refractivity contribution in [2.45, 2.75) is 19.7 Å². The van der Waals surface area contributed by atoms with E-state index in [0.29, 0.717) is 11.1 Å². The summed E-state index contributed by atoms with van der Waals surface area (Å²) in [6.07, 6.45) is 0. The van der Waals surface area contributed by atoms with E-state index in [1.807, 2.05) is 0 Å². The van der Waals surface area contributed by atoms with Crippen molar-refractivity contribution >= 4 is 17.6 Å². The van der Waals surface area contributed by atoms with Gasteiger partial charge in [-0.15, -0.1) is 11.6 Å². The summed E-state index contributed by atoms with van der Waals surface area (Å²) in [5.74, 6) is -0.777. The zero-order valence-corrected chi connectivity index (χ0v) is 9.40. The summed E-state index contributed by atoms with van der Waals surface area (Å²) in [5.41, 5.74) is 1.11. The Hall–Kier alpha value is -1.09. The molecule has 0 fully saturated rings. The molecule has 15 heavy (non-hydrogen) atoms. The van der Waals surface area contributed by atoms with Gasteiger partial charge in [-0.25, -0.2) is 9.18 Å². The highest BCUT2D eigenvalue weighted by molar-refractivity contribution is 6.17. The predicted octanol–water partition coefficient (Wildman–Crippen LogP) is 3.05. The fraction of sp³-hybridized carbons (Fsp3) is 0.364. The first kappa shape index (κ1) is 12.0. The third kappa shape index (κ3) is 2.69. The SMILES string of the molecule is CCOC(=O)c1cc(CCl)cc(F)c1C. The van der Waals surface area contributed by atoms with Gasteiger partial charge in [-0.3, -0.25) is 0 Å². The molecule has 1 aromatic carbocycles. The van der Waals surface area contributed by atoms with Crippen LogP contribution >= 0.6 is 11.6 Å². The lowest BCUT2D eigenvalue weighted by molar-refractivity contribution is 0.0524. The standard InChI is InChI=1S/C11H12ClFO2/c1-3-15-11(14)9-4-8(6-12)5-10(13)7(9)2/h4-5H,3,6H2,1-2H3. The maximum absolute atomic E-state index is 13.4. The van der Waals surface area contributed by atoms with Gasteiger partial charge < -0.3 is 4.74 Å². The van der Waals surface area contributed by atoms with Crippen LogP contribution in [-0.2, 0) is 10.6 Å². The Morgan fingerprint density at radius 2 is 2.20 bits per heavy atom. The predicted molar refractivity (Wildman–Crippen MR) is 56.7 cm³/mol. The Morgan fingerprint density at radius 1 is 1.53 bits per heavy atom. The van der Waals surface area contributed by atoms with Gasteiger partial charge in [0, 0.05) is 5.88 Å². The van der Waals surface area contributed by atoms with Crippen LogP contribution in [0.2, 0.25) is 0 Å². The van der Waals surface area contributed by atoms with Gasteiger partial charge in [0.05, 0.1) is 12.2 Å². The molecule has 4 heteroatoms. The van der Waals surface area contributed by atoms with E-state index in [0.717, 1.165) is 0 Å². The monoisotopic (exact) mass is 230 g/mol. The van der Waals surface area contributed by atoms with Crippen molar-refractivity contribution in [3.63, 3.8) is 0 Å². The molecule has 0 radical (unpaired) electrons. The maximum Gasteiger partial charge on any atom is 0.338 e. The van der Waals surface area contributed by atoms with Crippen LogP contribution in [0, 0.1) is 12.7 Å². The largest absolute Gasteiger partial charge is 0.462 e. The van der Waals surface area contributed by atoms with Gasteiger partial charge in [0.15, 0.2) is 0 Å². The number of carbonyl (C=O) groups excluding carboxylic acids is 1. The fourth-order valence-electron chi connectivity index (χ4n) is 1.23. The minimum atomic E-state index is -0.513. The van der Waals surface area contributed by atoms with Gasteiger partial charge >= 0.3 is 5.97 Å². The third-order valence-electron chi connectivity index (χ3n) is 2.05. The highest BCUT2D eigenvalue weighted by Crippen LogP contribution is 2.18. The van der Waals surface area contributed by atoms with Crippen molar-refractivity contribution in [1.29, 1.82) is 0 Å². The van der Waals surface area contributed by atoms with Gasteiger partial charge in [0.1, 0.15) is 5.82 Å². The molecule has 0 heterocycles. The number of ether oxygens (including phenoxy) is 1. The number of halogens is 2. The Morgan fingerprint density at radius 3 is 2.73 bits per heavy atom. The number of hydrogen-bond donors (Lipinski definition) is 0. The average molecular weight is 231 g/mol. The van der Waals surface area contributed by atoms with Crippen molar-refractivity contribution in [2.75, 3.05) is 6.61 Å². The lowest BCUT2D eigenvalue weighted by Gasteiger charge is -2.08. The van der Waals surface area contributed by atoms with E-state index in [1.54, 1.807) is 19.9 Å². The molecule has 0 saturated heterocycles. The molecule has 0 atom stereocenters. The second-order valence-corrected chi connectivity index (χ2v) is 3.37. The molecule has 0 aliphatic heterocycles. The normalized spacial score (nSPS) is 10.1. The summed E-state index contributed by atoms with van der Waals surface area (Å²) >= 11 is 5.59. The average Bonchev–Trinajstić information content (AvgIpc) is 2.22. The highest BCUT2D eigenvalue weighted by atomic mass is 35.5. The molecular weight excluding hydrogens is 219 g/mol. The first-order valence-electron chi connectivity index (χ1n) is 4.62. The van der Waals surface area contributed by atoms with Crippen molar-refractivity contribution in [1.82, 2.24) is 0 Å². The smallest absolute Gasteiger partial charge is 0.338 e. The quantitative estimate of drug-likeness (QED) is 0.589. The second kappa shape index (κ2) is 5.12. The molecule has 0 saturated carbocycles. The zero-order chi connectivity index (χ0) is 11.4. The molecule has 82 valence electrons. The van der Waals surface area contributed by atoms with E-state index >= 15 is 0 Å². The zero-order valence-electron chi connectivity index (χ0n) is 8.64.